The van der Waals surface area contributed by atoms with E-state index in [2.05, 4.69) is 17.1 Å². The quantitative estimate of drug-likeness (QED) is 0.899. The number of carbonyl (C=O) groups is 1. The van der Waals surface area contributed by atoms with E-state index in [1.807, 2.05) is 12.1 Å². The van der Waals surface area contributed by atoms with Crippen molar-refractivity contribution in [1.29, 1.82) is 0 Å². The number of likely N-dealkylation sites (tertiary alicyclic amines) is 1. The Hall–Kier alpha value is -1.06. The van der Waals surface area contributed by atoms with Crippen LogP contribution < -0.4 is 5.32 Å². The van der Waals surface area contributed by atoms with Crippen molar-refractivity contribution in [2.45, 2.75) is 32.2 Å². The smallest absolute Gasteiger partial charge is 0.252 e. The molecule has 1 saturated heterocycles. The molecular weight excluding hydrogens is 260 g/mol. The fourth-order valence-electron chi connectivity index (χ4n) is 2.59. The SMILES string of the molecule is CC[C@@H](CNC(=O)c1ccccc1Cl)N1CCCC1. The summed E-state index contributed by atoms with van der Waals surface area (Å²) in [5.74, 6) is -0.0803. The molecule has 0 bridgehead atoms. The van der Waals surface area contributed by atoms with Crippen molar-refractivity contribution in [1.82, 2.24) is 10.2 Å². The molecule has 1 aliphatic heterocycles. The molecule has 0 unspecified atom stereocenters. The minimum Gasteiger partial charge on any atom is -0.350 e. The second kappa shape index (κ2) is 6.92. The molecule has 0 aliphatic carbocycles. The third-order valence-electron chi connectivity index (χ3n) is 3.75. The van der Waals surface area contributed by atoms with Gasteiger partial charge < -0.3 is 5.32 Å². The lowest BCUT2D eigenvalue weighted by Gasteiger charge is -2.26. The molecular formula is C15H21ClN2O. The van der Waals surface area contributed by atoms with Crippen LogP contribution in [-0.4, -0.2) is 36.5 Å². The van der Waals surface area contributed by atoms with Crippen molar-refractivity contribution in [2.75, 3.05) is 19.6 Å². The third kappa shape index (κ3) is 3.71. The van der Waals surface area contributed by atoms with Gasteiger partial charge in [-0.3, -0.25) is 9.69 Å². The predicted molar refractivity (Wildman–Crippen MR) is 78.7 cm³/mol. The minimum atomic E-state index is -0.0803. The largest absolute Gasteiger partial charge is 0.350 e. The maximum Gasteiger partial charge on any atom is 0.252 e. The summed E-state index contributed by atoms with van der Waals surface area (Å²) in [6.07, 6.45) is 3.60. The molecule has 4 heteroatoms. The Labute approximate surface area is 119 Å². The summed E-state index contributed by atoms with van der Waals surface area (Å²) >= 11 is 6.02. The number of amides is 1. The second-order valence-electron chi connectivity index (χ2n) is 5.00. The Balaban J connectivity index is 1.90. The van der Waals surface area contributed by atoms with Crippen LogP contribution in [0.25, 0.3) is 0 Å². The summed E-state index contributed by atoms with van der Waals surface area (Å²) < 4.78 is 0. The fourth-order valence-corrected chi connectivity index (χ4v) is 2.81. The normalized spacial score (nSPS) is 17.4. The van der Waals surface area contributed by atoms with Gasteiger partial charge in [0.2, 0.25) is 0 Å². The van der Waals surface area contributed by atoms with Crippen LogP contribution in [0.15, 0.2) is 24.3 Å². The Morgan fingerprint density at radius 1 is 1.37 bits per heavy atom. The van der Waals surface area contributed by atoms with Crippen LogP contribution >= 0.6 is 11.6 Å². The maximum absolute atomic E-state index is 12.1. The number of nitrogens with one attached hydrogen (secondary N) is 1. The molecule has 0 saturated carbocycles. The second-order valence-corrected chi connectivity index (χ2v) is 5.40. The topological polar surface area (TPSA) is 32.3 Å². The van der Waals surface area contributed by atoms with Gasteiger partial charge in [0.15, 0.2) is 0 Å². The van der Waals surface area contributed by atoms with Crippen molar-refractivity contribution in [3.63, 3.8) is 0 Å². The number of benzene rings is 1. The predicted octanol–water partition coefficient (Wildman–Crippen LogP) is 2.94. The summed E-state index contributed by atoms with van der Waals surface area (Å²) in [7, 11) is 0. The molecule has 1 aliphatic rings. The van der Waals surface area contributed by atoms with E-state index in [-0.39, 0.29) is 5.91 Å². The number of carbonyl (C=O) groups excluding carboxylic acids is 1. The van der Waals surface area contributed by atoms with Gasteiger partial charge in [0, 0.05) is 12.6 Å². The highest BCUT2D eigenvalue weighted by atomic mass is 35.5. The lowest BCUT2D eigenvalue weighted by molar-refractivity contribution is 0.0937. The number of hydrogen-bond acceptors (Lipinski definition) is 2. The van der Waals surface area contributed by atoms with Gasteiger partial charge in [-0.2, -0.15) is 0 Å². The Morgan fingerprint density at radius 2 is 2.05 bits per heavy atom. The molecule has 19 heavy (non-hydrogen) atoms. The summed E-state index contributed by atoms with van der Waals surface area (Å²) in [6.45, 7) is 5.17. The molecule has 1 heterocycles. The summed E-state index contributed by atoms with van der Waals surface area (Å²) in [5, 5.41) is 3.51. The zero-order valence-electron chi connectivity index (χ0n) is 11.4. The highest BCUT2D eigenvalue weighted by Crippen LogP contribution is 2.16. The lowest BCUT2D eigenvalue weighted by Crippen LogP contribution is -2.42. The Morgan fingerprint density at radius 3 is 2.68 bits per heavy atom. The van der Waals surface area contributed by atoms with Crippen LogP contribution in [0.4, 0.5) is 0 Å². The average Bonchev–Trinajstić information content (AvgIpc) is 2.94. The van der Waals surface area contributed by atoms with Gasteiger partial charge in [0.05, 0.1) is 10.6 Å². The van der Waals surface area contributed by atoms with Crippen molar-refractivity contribution in [3.05, 3.63) is 34.9 Å². The van der Waals surface area contributed by atoms with Gasteiger partial charge in [-0.05, 0) is 44.5 Å². The summed E-state index contributed by atoms with van der Waals surface area (Å²) in [4.78, 5) is 14.6. The number of halogens is 1. The van der Waals surface area contributed by atoms with Gasteiger partial charge in [0.1, 0.15) is 0 Å². The maximum atomic E-state index is 12.1. The monoisotopic (exact) mass is 280 g/mol. The molecule has 104 valence electrons. The molecule has 3 nitrogen and oxygen atoms in total. The van der Waals surface area contributed by atoms with E-state index in [9.17, 15) is 4.79 Å². The highest BCUT2D eigenvalue weighted by molar-refractivity contribution is 6.33. The molecule has 1 aromatic rings. The first-order valence-electron chi connectivity index (χ1n) is 6.99. The third-order valence-corrected chi connectivity index (χ3v) is 4.07. The summed E-state index contributed by atoms with van der Waals surface area (Å²) in [5.41, 5.74) is 0.556. The van der Waals surface area contributed by atoms with Crippen LogP contribution in [0, 0.1) is 0 Å². The molecule has 1 atom stereocenters. The first kappa shape index (κ1) is 14.4. The fraction of sp³-hybridized carbons (Fsp3) is 0.533. The number of hydrogen-bond donors (Lipinski definition) is 1. The van der Waals surface area contributed by atoms with Crippen molar-refractivity contribution >= 4 is 17.5 Å². The molecule has 0 radical (unpaired) electrons. The van der Waals surface area contributed by atoms with Crippen LogP contribution in [0.3, 0.4) is 0 Å². The van der Waals surface area contributed by atoms with Crippen LogP contribution in [0.5, 0.6) is 0 Å². The van der Waals surface area contributed by atoms with Gasteiger partial charge in [-0.1, -0.05) is 30.7 Å². The zero-order chi connectivity index (χ0) is 13.7. The molecule has 1 amide bonds. The Kier molecular flexibility index (Phi) is 5.23. The van der Waals surface area contributed by atoms with E-state index in [1.165, 1.54) is 12.8 Å². The number of rotatable bonds is 5. The van der Waals surface area contributed by atoms with E-state index in [0.29, 0.717) is 23.2 Å². The van der Waals surface area contributed by atoms with Gasteiger partial charge in [-0.25, -0.2) is 0 Å². The highest BCUT2D eigenvalue weighted by Gasteiger charge is 2.21. The molecule has 0 spiro atoms. The first-order chi connectivity index (χ1) is 9.22. The Bertz CT molecular complexity index is 430. The first-order valence-corrected chi connectivity index (χ1v) is 7.37. The molecule has 0 aromatic heterocycles. The molecule has 2 rings (SSSR count). The molecule has 1 N–H and O–H groups in total. The van der Waals surface area contributed by atoms with E-state index < -0.39 is 0 Å². The van der Waals surface area contributed by atoms with Crippen LogP contribution in [0.1, 0.15) is 36.5 Å². The van der Waals surface area contributed by atoms with E-state index >= 15 is 0 Å². The van der Waals surface area contributed by atoms with Crippen LogP contribution in [-0.2, 0) is 0 Å². The van der Waals surface area contributed by atoms with Crippen LogP contribution in [0.2, 0.25) is 5.02 Å². The van der Waals surface area contributed by atoms with Gasteiger partial charge in [-0.15, -0.1) is 0 Å². The molecule has 1 fully saturated rings. The van der Waals surface area contributed by atoms with E-state index in [1.54, 1.807) is 12.1 Å². The van der Waals surface area contributed by atoms with Gasteiger partial charge in [0.25, 0.3) is 5.91 Å². The number of nitrogens with zero attached hydrogens (tertiary/aromatic N) is 1. The van der Waals surface area contributed by atoms with Crippen molar-refractivity contribution in [2.24, 2.45) is 0 Å². The summed E-state index contributed by atoms with van der Waals surface area (Å²) in [6, 6.07) is 7.60. The average molecular weight is 281 g/mol. The zero-order valence-corrected chi connectivity index (χ0v) is 12.1. The minimum absolute atomic E-state index is 0.0803. The van der Waals surface area contributed by atoms with Gasteiger partial charge >= 0.3 is 0 Å². The van der Waals surface area contributed by atoms with Crippen molar-refractivity contribution < 1.29 is 4.79 Å². The lowest BCUT2D eigenvalue weighted by atomic mass is 10.1. The van der Waals surface area contributed by atoms with E-state index in [0.717, 1.165) is 19.5 Å². The van der Waals surface area contributed by atoms with E-state index in [4.69, 9.17) is 11.6 Å². The standard InChI is InChI=1S/C15H21ClN2O/c1-2-12(18-9-5-6-10-18)11-17-15(19)13-7-3-4-8-14(13)16/h3-4,7-8,12H,2,5-6,9-11H2,1H3,(H,17,19)/t12-/m0/s1. The molecule has 1 aromatic carbocycles. The van der Waals surface area contributed by atoms with Crippen molar-refractivity contribution in [3.8, 4) is 0 Å².